The highest BCUT2D eigenvalue weighted by Crippen LogP contribution is 2.22. The number of benzene rings is 2. The molecule has 2 aromatic carbocycles. The number of hydrogen-bond acceptors (Lipinski definition) is 4. The lowest BCUT2D eigenvalue weighted by atomic mass is 10.2. The molecular formula is C17H13NO3. The molecule has 4 nitrogen and oxygen atoms in total. The predicted octanol–water partition coefficient (Wildman–Crippen LogP) is 3.69. The number of rotatable bonds is 5. The molecule has 2 rings (SSSR count). The molecule has 104 valence electrons. The topological polar surface area (TPSA) is 59.3 Å². The van der Waals surface area contributed by atoms with Crippen molar-refractivity contribution in [3.63, 3.8) is 0 Å². The van der Waals surface area contributed by atoms with Crippen molar-refractivity contribution >= 4 is 5.97 Å². The predicted molar refractivity (Wildman–Crippen MR) is 78.2 cm³/mol. The Balaban J connectivity index is 2.11. The summed E-state index contributed by atoms with van der Waals surface area (Å²) >= 11 is 0. The van der Waals surface area contributed by atoms with E-state index in [-0.39, 0.29) is 6.61 Å². The van der Waals surface area contributed by atoms with Crippen LogP contribution >= 0.6 is 0 Å². The zero-order valence-corrected chi connectivity index (χ0v) is 11.3. The van der Waals surface area contributed by atoms with E-state index in [9.17, 15) is 4.79 Å². The highest BCUT2D eigenvalue weighted by Gasteiger charge is 2.08. The number of nitrogens with zero attached hydrogens (tertiary/aromatic N) is 1. The van der Waals surface area contributed by atoms with Crippen LogP contribution in [0.1, 0.15) is 15.9 Å². The zero-order valence-electron chi connectivity index (χ0n) is 11.3. The van der Waals surface area contributed by atoms with E-state index < -0.39 is 5.97 Å². The van der Waals surface area contributed by atoms with Gasteiger partial charge in [0.1, 0.15) is 18.1 Å². The molecule has 0 saturated heterocycles. The van der Waals surface area contributed by atoms with Gasteiger partial charge in [-0.3, -0.25) is 0 Å². The Bertz CT molecular complexity index is 684. The summed E-state index contributed by atoms with van der Waals surface area (Å²) in [6.07, 6.45) is 1.51. The number of esters is 1. The average Bonchev–Trinajstić information content (AvgIpc) is 2.53. The van der Waals surface area contributed by atoms with Gasteiger partial charge in [-0.05, 0) is 42.5 Å². The Hall–Kier alpha value is -3.06. The molecule has 4 heteroatoms. The minimum atomic E-state index is -0.430. The molecule has 0 radical (unpaired) electrons. The molecule has 0 unspecified atom stereocenters. The Labute approximate surface area is 122 Å². The maximum atomic E-state index is 11.7. The van der Waals surface area contributed by atoms with Crippen LogP contribution in [0.4, 0.5) is 0 Å². The molecule has 0 aromatic heterocycles. The third-order valence-electron chi connectivity index (χ3n) is 2.62. The molecule has 0 heterocycles. The van der Waals surface area contributed by atoms with Crippen LogP contribution in [0.5, 0.6) is 11.5 Å². The molecule has 21 heavy (non-hydrogen) atoms. The lowest BCUT2D eigenvalue weighted by molar-refractivity contribution is 0.0549. The van der Waals surface area contributed by atoms with Crippen molar-refractivity contribution in [1.29, 1.82) is 5.26 Å². The SMILES string of the molecule is C=CCOC(=O)c1cccc(Oc2ccc(C#N)cc2)c1. The average molecular weight is 279 g/mol. The second-order valence-electron chi connectivity index (χ2n) is 4.15. The number of ether oxygens (including phenoxy) is 2. The van der Waals surface area contributed by atoms with Gasteiger partial charge in [-0.25, -0.2) is 4.79 Å². The monoisotopic (exact) mass is 279 g/mol. The quantitative estimate of drug-likeness (QED) is 0.618. The van der Waals surface area contributed by atoms with Gasteiger partial charge in [-0.2, -0.15) is 5.26 Å². The summed E-state index contributed by atoms with van der Waals surface area (Å²) in [5.41, 5.74) is 0.965. The summed E-state index contributed by atoms with van der Waals surface area (Å²) in [6.45, 7) is 3.66. The van der Waals surface area contributed by atoms with Crippen molar-refractivity contribution in [1.82, 2.24) is 0 Å². The summed E-state index contributed by atoms with van der Waals surface area (Å²) in [4.78, 5) is 11.7. The Morgan fingerprint density at radius 3 is 2.62 bits per heavy atom. The number of carbonyl (C=O) groups excluding carboxylic acids is 1. The van der Waals surface area contributed by atoms with Crippen molar-refractivity contribution in [2.24, 2.45) is 0 Å². The summed E-state index contributed by atoms with van der Waals surface area (Å²) in [7, 11) is 0. The van der Waals surface area contributed by atoms with E-state index in [1.807, 2.05) is 6.07 Å². The van der Waals surface area contributed by atoms with Crippen LogP contribution in [-0.4, -0.2) is 12.6 Å². The fourth-order valence-corrected chi connectivity index (χ4v) is 1.64. The smallest absolute Gasteiger partial charge is 0.338 e. The fourth-order valence-electron chi connectivity index (χ4n) is 1.64. The zero-order chi connectivity index (χ0) is 15.1. The molecule has 0 N–H and O–H groups in total. The maximum Gasteiger partial charge on any atom is 0.338 e. The van der Waals surface area contributed by atoms with E-state index in [1.54, 1.807) is 48.5 Å². The third kappa shape index (κ3) is 3.95. The van der Waals surface area contributed by atoms with Gasteiger partial charge in [0, 0.05) is 0 Å². The van der Waals surface area contributed by atoms with E-state index in [0.29, 0.717) is 22.6 Å². The van der Waals surface area contributed by atoms with E-state index >= 15 is 0 Å². The maximum absolute atomic E-state index is 11.7. The first kappa shape index (κ1) is 14.4. The summed E-state index contributed by atoms with van der Waals surface area (Å²) in [5.74, 6) is 0.679. The highest BCUT2D eigenvalue weighted by molar-refractivity contribution is 5.89. The lowest BCUT2D eigenvalue weighted by Crippen LogP contribution is -2.04. The van der Waals surface area contributed by atoms with Crippen LogP contribution in [-0.2, 0) is 4.74 Å². The first-order chi connectivity index (χ1) is 10.2. The van der Waals surface area contributed by atoms with Gasteiger partial charge < -0.3 is 9.47 Å². The lowest BCUT2D eigenvalue weighted by Gasteiger charge is -2.07. The number of hydrogen-bond donors (Lipinski definition) is 0. The largest absolute Gasteiger partial charge is 0.458 e. The number of nitriles is 1. The molecule has 0 saturated carbocycles. The second-order valence-corrected chi connectivity index (χ2v) is 4.15. The molecule has 0 bridgehead atoms. The first-order valence-electron chi connectivity index (χ1n) is 6.29. The summed E-state index contributed by atoms with van der Waals surface area (Å²) < 4.78 is 10.6. The normalized spacial score (nSPS) is 9.48. The third-order valence-corrected chi connectivity index (χ3v) is 2.62. The van der Waals surface area contributed by atoms with Crippen LogP contribution < -0.4 is 4.74 Å². The van der Waals surface area contributed by atoms with Crippen molar-refractivity contribution in [3.8, 4) is 17.6 Å². The Morgan fingerprint density at radius 2 is 1.95 bits per heavy atom. The van der Waals surface area contributed by atoms with Gasteiger partial charge in [0.25, 0.3) is 0 Å². The molecular weight excluding hydrogens is 266 g/mol. The van der Waals surface area contributed by atoms with Crippen LogP contribution in [0.2, 0.25) is 0 Å². The van der Waals surface area contributed by atoms with Crippen molar-refractivity contribution in [2.45, 2.75) is 0 Å². The molecule has 0 aliphatic heterocycles. The molecule has 0 spiro atoms. The van der Waals surface area contributed by atoms with Crippen LogP contribution in [0, 0.1) is 11.3 Å². The first-order valence-corrected chi connectivity index (χ1v) is 6.29. The molecule has 0 amide bonds. The van der Waals surface area contributed by atoms with Crippen molar-refractivity contribution < 1.29 is 14.3 Å². The van der Waals surface area contributed by atoms with E-state index in [4.69, 9.17) is 14.7 Å². The van der Waals surface area contributed by atoms with Crippen molar-refractivity contribution in [3.05, 3.63) is 72.3 Å². The van der Waals surface area contributed by atoms with Crippen molar-refractivity contribution in [2.75, 3.05) is 6.61 Å². The Kier molecular flexibility index (Phi) is 4.73. The molecule has 0 aliphatic rings. The molecule has 0 atom stereocenters. The van der Waals surface area contributed by atoms with Gasteiger partial charge in [-0.1, -0.05) is 18.7 Å². The van der Waals surface area contributed by atoms with Gasteiger partial charge in [-0.15, -0.1) is 0 Å². The van der Waals surface area contributed by atoms with E-state index in [1.165, 1.54) is 6.08 Å². The van der Waals surface area contributed by atoms with Crippen LogP contribution in [0.25, 0.3) is 0 Å². The standard InChI is InChI=1S/C17H13NO3/c1-2-10-20-17(19)14-4-3-5-16(11-14)21-15-8-6-13(12-18)7-9-15/h2-9,11H,1,10H2. The minimum Gasteiger partial charge on any atom is -0.458 e. The Morgan fingerprint density at radius 1 is 1.19 bits per heavy atom. The van der Waals surface area contributed by atoms with Gasteiger partial charge in [0.05, 0.1) is 17.2 Å². The van der Waals surface area contributed by atoms with E-state index in [2.05, 4.69) is 6.58 Å². The molecule has 0 aliphatic carbocycles. The summed E-state index contributed by atoms with van der Waals surface area (Å²) in [5, 5.41) is 8.74. The second kappa shape index (κ2) is 6.92. The van der Waals surface area contributed by atoms with E-state index in [0.717, 1.165) is 0 Å². The van der Waals surface area contributed by atoms with Gasteiger partial charge in [0.2, 0.25) is 0 Å². The molecule has 0 fully saturated rings. The molecule has 2 aromatic rings. The van der Waals surface area contributed by atoms with Gasteiger partial charge >= 0.3 is 5.97 Å². The van der Waals surface area contributed by atoms with Gasteiger partial charge in [0.15, 0.2) is 0 Å². The minimum absolute atomic E-state index is 0.166. The van der Waals surface area contributed by atoms with Crippen LogP contribution in [0.15, 0.2) is 61.2 Å². The van der Waals surface area contributed by atoms with Crippen LogP contribution in [0.3, 0.4) is 0 Å². The highest BCUT2D eigenvalue weighted by atomic mass is 16.5. The summed E-state index contributed by atoms with van der Waals surface area (Å²) in [6, 6.07) is 15.5. The number of carbonyl (C=O) groups is 1. The fraction of sp³-hybridized carbons (Fsp3) is 0.0588.